The molecule has 5 rings (SSSR count). The van der Waals surface area contributed by atoms with Gasteiger partial charge >= 0.3 is 12.1 Å². The SMILES string of the molecule is CCOC(=O)[C@H](Cc1ccc(NC(=O)c2c(Cl)cncc2Cl)cc1)NC(=O)[C@@H]1C[C@@H]([NH+]2CCCCC2)CN1S(=O)(=O)c1cccc(C#N)c1.O=C([O-])C(F)(F)F. The van der Waals surface area contributed by atoms with Crippen molar-refractivity contribution < 1.29 is 55.5 Å². The summed E-state index contributed by atoms with van der Waals surface area (Å²) in [6.07, 6.45) is 0.939. The first-order valence-electron chi connectivity index (χ1n) is 17.3. The van der Waals surface area contributed by atoms with Gasteiger partial charge in [0.1, 0.15) is 24.1 Å². The number of alkyl halides is 3. The van der Waals surface area contributed by atoms with Crippen molar-refractivity contribution in [2.24, 2.45) is 0 Å². The van der Waals surface area contributed by atoms with Crippen LogP contribution >= 0.6 is 23.2 Å². The molecule has 300 valence electrons. The number of nitrogens with zero attached hydrogens (tertiary/aromatic N) is 3. The molecule has 2 aliphatic rings. The summed E-state index contributed by atoms with van der Waals surface area (Å²) in [5.74, 6) is -4.80. The summed E-state index contributed by atoms with van der Waals surface area (Å²) in [6.45, 7) is 3.65. The minimum atomic E-state index is -5.19. The summed E-state index contributed by atoms with van der Waals surface area (Å²) in [5, 5.41) is 23.9. The fraction of sp³-hybridized carbons (Fsp3) is 0.389. The van der Waals surface area contributed by atoms with Crippen LogP contribution < -0.4 is 20.6 Å². The molecule has 0 unspecified atom stereocenters. The number of quaternary nitrogens is 1. The summed E-state index contributed by atoms with van der Waals surface area (Å²) in [6, 6.07) is 12.1. The van der Waals surface area contributed by atoms with Crippen LogP contribution in [0.4, 0.5) is 18.9 Å². The van der Waals surface area contributed by atoms with Gasteiger partial charge in [0.15, 0.2) is 0 Å². The van der Waals surface area contributed by atoms with E-state index in [0.29, 0.717) is 11.3 Å². The summed E-state index contributed by atoms with van der Waals surface area (Å²) >= 11 is 12.2. The van der Waals surface area contributed by atoms with E-state index in [1.807, 2.05) is 6.07 Å². The highest BCUT2D eigenvalue weighted by molar-refractivity contribution is 7.89. The molecule has 2 fully saturated rings. The molecule has 3 aromatic rings. The van der Waals surface area contributed by atoms with Crippen molar-refractivity contribution in [1.29, 1.82) is 5.26 Å². The molecule has 2 saturated heterocycles. The number of esters is 1. The highest BCUT2D eigenvalue weighted by atomic mass is 35.5. The van der Waals surface area contributed by atoms with E-state index in [0.717, 1.165) is 32.4 Å². The quantitative estimate of drug-likeness (QED) is 0.241. The molecule has 0 spiro atoms. The van der Waals surface area contributed by atoms with E-state index in [1.165, 1.54) is 45.9 Å². The largest absolute Gasteiger partial charge is 0.542 e. The van der Waals surface area contributed by atoms with Crippen molar-refractivity contribution >= 4 is 62.7 Å². The Morgan fingerprint density at radius 1 is 1.07 bits per heavy atom. The van der Waals surface area contributed by atoms with Crippen molar-refractivity contribution in [3.8, 4) is 6.07 Å². The van der Waals surface area contributed by atoms with Crippen molar-refractivity contribution in [3.63, 3.8) is 0 Å². The molecular weight excluding hydrogens is 804 g/mol. The van der Waals surface area contributed by atoms with Gasteiger partial charge in [0.25, 0.3) is 5.91 Å². The Hall–Kier alpha value is -4.80. The number of piperidine rings is 1. The van der Waals surface area contributed by atoms with Crippen molar-refractivity contribution in [2.75, 3.05) is 31.6 Å². The Labute approximate surface area is 330 Å². The van der Waals surface area contributed by atoms with E-state index in [1.54, 1.807) is 31.2 Å². The molecule has 3 heterocycles. The maximum absolute atomic E-state index is 14.0. The summed E-state index contributed by atoms with van der Waals surface area (Å²) in [7, 11) is -4.17. The topological polar surface area (TPSA) is 203 Å². The second-order valence-electron chi connectivity index (χ2n) is 12.8. The van der Waals surface area contributed by atoms with Crippen molar-refractivity contribution in [2.45, 2.75) is 68.2 Å². The van der Waals surface area contributed by atoms with Crippen LogP contribution in [0.25, 0.3) is 0 Å². The first-order chi connectivity index (χ1) is 26.5. The Morgan fingerprint density at radius 2 is 1.70 bits per heavy atom. The minimum Gasteiger partial charge on any atom is -0.542 e. The number of carboxylic acid groups (broad SMARTS) is 1. The van der Waals surface area contributed by atoms with Crippen LogP contribution in [0.3, 0.4) is 0 Å². The van der Waals surface area contributed by atoms with E-state index >= 15 is 0 Å². The van der Waals surface area contributed by atoms with E-state index in [2.05, 4.69) is 15.6 Å². The molecule has 3 N–H and O–H groups in total. The maximum Gasteiger partial charge on any atom is 0.430 e. The summed E-state index contributed by atoms with van der Waals surface area (Å²) in [4.78, 5) is 53.7. The fourth-order valence-corrected chi connectivity index (χ4v) is 8.59. The molecule has 0 radical (unpaired) electrons. The first kappa shape index (κ1) is 43.9. The number of carbonyl (C=O) groups is 4. The number of rotatable bonds is 11. The van der Waals surface area contributed by atoms with E-state index in [-0.39, 0.29) is 58.1 Å². The number of benzene rings is 2. The third-order valence-corrected chi connectivity index (χ3v) is 11.5. The van der Waals surface area contributed by atoms with Crippen molar-refractivity contribution in [3.05, 3.63) is 87.7 Å². The van der Waals surface area contributed by atoms with Gasteiger partial charge in [-0.2, -0.15) is 22.7 Å². The first-order valence-corrected chi connectivity index (χ1v) is 19.5. The zero-order valence-electron chi connectivity index (χ0n) is 29.8. The third kappa shape index (κ3) is 11.4. The maximum atomic E-state index is 14.0. The van der Waals surface area contributed by atoms with Crippen LogP contribution in [-0.4, -0.2) is 92.0 Å². The Morgan fingerprint density at radius 3 is 2.27 bits per heavy atom. The molecule has 3 atom stereocenters. The van der Waals surface area contributed by atoms with Crippen LogP contribution in [-0.2, 0) is 35.6 Å². The lowest BCUT2D eigenvalue weighted by molar-refractivity contribution is -0.927. The van der Waals surface area contributed by atoms with Gasteiger partial charge in [-0.1, -0.05) is 41.4 Å². The molecule has 0 aliphatic carbocycles. The number of anilines is 1. The number of nitriles is 1. The Bertz CT molecular complexity index is 2040. The number of aliphatic carboxylic acids is 1. The van der Waals surface area contributed by atoms with Crippen LogP contribution in [0.15, 0.2) is 65.8 Å². The lowest BCUT2D eigenvalue weighted by atomic mass is 10.0. The van der Waals surface area contributed by atoms with Gasteiger partial charge in [-0.05, 0) is 62.1 Å². The second-order valence-corrected chi connectivity index (χ2v) is 15.5. The van der Waals surface area contributed by atoms with Crippen LogP contribution in [0.5, 0.6) is 0 Å². The summed E-state index contributed by atoms with van der Waals surface area (Å²) < 4.78 is 66.0. The highest BCUT2D eigenvalue weighted by Crippen LogP contribution is 2.28. The normalized spacial score (nSPS) is 18.1. The fourth-order valence-electron chi connectivity index (χ4n) is 6.37. The number of halogens is 5. The van der Waals surface area contributed by atoms with Gasteiger partial charge in [0.05, 0.1) is 58.4 Å². The standard InChI is InChI=1S/C34H36Cl2N6O6S.C2HF3O2/c1-2-48-34(45)29(16-22-9-11-24(12-10-22)39-33(44)31-27(35)19-38-20-28(31)36)40-32(43)30-17-25(41-13-4-3-5-14-41)21-42(30)49(46,47)26-8-6-7-23(15-26)18-37;3-2(4,5)1(6)7/h6-12,15,19-20,25,29-30H,2-5,13-14,16-17,21H2,1H3,(H,39,44)(H,40,43);(H,6,7)/t25-,29+,30+;/m1./s1. The highest BCUT2D eigenvalue weighted by Gasteiger charge is 2.48. The smallest absolute Gasteiger partial charge is 0.430 e. The monoisotopic (exact) mass is 840 g/mol. The molecule has 0 saturated carbocycles. The molecule has 0 bridgehead atoms. The van der Waals surface area contributed by atoms with Crippen LogP contribution in [0.2, 0.25) is 10.0 Å². The predicted molar refractivity (Wildman–Crippen MR) is 194 cm³/mol. The lowest BCUT2D eigenvalue weighted by Gasteiger charge is -2.29. The number of likely N-dealkylation sites (tertiary alicyclic amines) is 1. The molecule has 2 aliphatic heterocycles. The zero-order valence-corrected chi connectivity index (χ0v) is 32.1. The molecule has 20 heteroatoms. The molecule has 2 amide bonds. The van der Waals surface area contributed by atoms with Gasteiger partial charge in [0, 0.05) is 30.9 Å². The number of carboxylic acids is 1. The Kier molecular flexibility index (Phi) is 15.2. The number of amides is 2. The second kappa shape index (κ2) is 19.4. The third-order valence-electron chi connectivity index (χ3n) is 9.05. The van der Waals surface area contributed by atoms with E-state index in [9.17, 15) is 41.2 Å². The van der Waals surface area contributed by atoms with Gasteiger partial charge in [0.2, 0.25) is 15.9 Å². The number of sulfonamides is 1. The number of hydrogen-bond donors (Lipinski definition) is 3. The van der Waals surface area contributed by atoms with Gasteiger partial charge in [-0.25, -0.2) is 13.2 Å². The number of ether oxygens (including phenoxy) is 1. The number of hydrogen-bond acceptors (Lipinski definition) is 10. The average Bonchev–Trinajstić information content (AvgIpc) is 3.63. The molecule has 14 nitrogen and oxygen atoms in total. The summed E-state index contributed by atoms with van der Waals surface area (Å²) in [5.41, 5.74) is 1.36. The molecular formula is C36H37Cl2F3N6O8S. The van der Waals surface area contributed by atoms with E-state index in [4.69, 9.17) is 37.8 Å². The average molecular weight is 842 g/mol. The van der Waals surface area contributed by atoms with Crippen molar-refractivity contribution in [1.82, 2.24) is 14.6 Å². The molecule has 1 aromatic heterocycles. The van der Waals surface area contributed by atoms with Crippen LogP contribution in [0, 0.1) is 11.3 Å². The number of aromatic nitrogens is 1. The number of nitrogens with one attached hydrogen (secondary N) is 3. The minimum absolute atomic E-state index is 0.0469. The lowest BCUT2D eigenvalue weighted by Crippen LogP contribution is -3.16. The molecule has 56 heavy (non-hydrogen) atoms. The Balaban J connectivity index is 0.000000908. The zero-order chi connectivity index (χ0) is 41.2. The number of pyridine rings is 1. The van der Waals surface area contributed by atoms with Gasteiger partial charge < -0.3 is 30.2 Å². The molecule has 2 aromatic carbocycles. The van der Waals surface area contributed by atoms with Gasteiger partial charge in [-0.15, -0.1) is 0 Å². The van der Waals surface area contributed by atoms with E-state index < -0.39 is 52.0 Å². The predicted octanol–water partition coefficient (Wildman–Crippen LogP) is 2.30. The number of carbonyl (C=O) groups excluding carboxylic acids is 4. The van der Waals surface area contributed by atoms with Gasteiger partial charge in [-0.3, -0.25) is 14.6 Å². The van der Waals surface area contributed by atoms with Crippen LogP contribution in [0.1, 0.15) is 54.1 Å².